The Morgan fingerprint density at radius 1 is 1.36 bits per heavy atom. The van der Waals surface area contributed by atoms with E-state index in [-0.39, 0.29) is 5.56 Å². The first-order valence-electron chi connectivity index (χ1n) is 3.06. The summed E-state index contributed by atoms with van der Waals surface area (Å²) in [6.07, 6.45) is 0.297. The van der Waals surface area contributed by atoms with Gasteiger partial charge in [0.25, 0.3) is 0 Å². The van der Waals surface area contributed by atoms with Gasteiger partial charge in [0.15, 0.2) is 17.9 Å². The van der Waals surface area contributed by atoms with Crippen LogP contribution >= 0.6 is 0 Å². The SMILES string of the molecule is Cc1cc(F)c(F)c(C=O)c1. The fourth-order valence-corrected chi connectivity index (χ4v) is 0.837. The molecule has 0 N–H and O–H groups in total. The molecule has 0 aliphatic carbocycles. The van der Waals surface area contributed by atoms with Crippen molar-refractivity contribution < 1.29 is 13.6 Å². The molecule has 0 saturated carbocycles. The van der Waals surface area contributed by atoms with Gasteiger partial charge in [-0.1, -0.05) is 0 Å². The van der Waals surface area contributed by atoms with E-state index in [1.54, 1.807) is 6.92 Å². The number of rotatable bonds is 1. The van der Waals surface area contributed by atoms with E-state index in [0.717, 1.165) is 6.07 Å². The van der Waals surface area contributed by atoms with Crippen molar-refractivity contribution in [1.82, 2.24) is 0 Å². The van der Waals surface area contributed by atoms with E-state index in [9.17, 15) is 13.6 Å². The molecule has 58 valence electrons. The molecule has 0 bridgehead atoms. The van der Waals surface area contributed by atoms with E-state index in [4.69, 9.17) is 0 Å². The van der Waals surface area contributed by atoms with Gasteiger partial charge in [0.1, 0.15) is 0 Å². The lowest BCUT2D eigenvalue weighted by Crippen LogP contribution is -1.93. The topological polar surface area (TPSA) is 17.1 Å². The van der Waals surface area contributed by atoms with Crippen LogP contribution in [0.2, 0.25) is 0 Å². The second-order valence-corrected chi connectivity index (χ2v) is 2.27. The smallest absolute Gasteiger partial charge is 0.169 e. The van der Waals surface area contributed by atoms with Crippen molar-refractivity contribution in [1.29, 1.82) is 0 Å². The minimum Gasteiger partial charge on any atom is -0.298 e. The molecule has 11 heavy (non-hydrogen) atoms. The molecule has 0 amide bonds. The second kappa shape index (κ2) is 2.78. The predicted molar refractivity (Wildman–Crippen MR) is 36.5 cm³/mol. The Kier molecular flexibility index (Phi) is 1.98. The minimum atomic E-state index is -1.08. The van der Waals surface area contributed by atoms with Gasteiger partial charge in [0.2, 0.25) is 0 Å². The fraction of sp³-hybridized carbons (Fsp3) is 0.125. The molecule has 0 aliphatic heterocycles. The molecule has 0 spiro atoms. The molecule has 0 aliphatic rings. The number of aryl methyl sites for hydroxylation is 1. The highest BCUT2D eigenvalue weighted by Crippen LogP contribution is 2.12. The quantitative estimate of drug-likeness (QED) is 0.569. The highest BCUT2D eigenvalue weighted by molar-refractivity contribution is 5.75. The van der Waals surface area contributed by atoms with Crippen LogP contribution in [0.4, 0.5) is 8.78 Å². The molecule has 1 aromatic rings. The van der Waals surface area contributed by atoms with E-state index < -0.39 is 11.6 Å². The number of carbonyl (C=O) groups is 1. The van der Waals surface area contributed by atoms with Crippen molar-refractivity contribution in [2.75, 3.05) is 0 Å². The van der Waals surface area contributed by atoms with Crippen molar-refractivity contribution in [2.24, 2.45) is 0 Å². The summed E-state index contributed by atoms with van der Waals surface area (Å²) in [5.74, 6) is -2.06. The van der Waals surface area contributed by atoms with Crippen LogP contribution in [-0.2, 0) is 0 Å². The van der Waals surface area contributed by atoms with Crippen LogP contribution in [0.1, 0.15) is 15.9 Å². The van der Waals surface area contributed by atoms with Crippen LogP contribution < -0.4 is 0 Å². The Morgan fingerprint density at radius 2 is 2.00 bits per heavy atom. The molecule has 1 aromatic carbocycles. The first-order valence-corrected chi connectivity index (χ1v) is 3.06. The Labute approximate surface area is 62.7 Å². The summed E-state index contributed by atoms with van der Waals surface area (Å²) in [5.41, 5.74) is 0.300. The van der Waals surface area contributed by atoms with Crippen molar-refractivity contribution in [3.63, 3.8) is 0 Å². The second-order valence-electron chi connectivity index (χ2n) is 2.27. The van der Waals surface area contributed by atoms with Crippen LogP contribution in [0.25, 0.3) is 0 Å². The summed E-state index contributed by atoms with van der Waals surface area (Å²) in [6.45, 7) is 1.59. The maximum Gasteiger partial charge on any atom is 0.169 e. The largest absolute Gasteiger partial charge is 0.298 e. The van der Waals surface area contributed by atoms with Gasteiger partial charge in [-0.05, 0) is 24.6 Å². The molecule has 0 heterocycles. The van der Waals surface area contributed by atoms with Crippen LogP contribution in [0.3, 0.4) is 0 Å². The average molecular weight is 156 g/mol. The summed E-state index contributed by atoms with van der Waals surface area (Å²) in [4.78, 5) is 10.1. The zero-order valence-corrected chi connectivity index (χ0v) is 5.90. The zero-order valence-electron chi connectivity index (χ0n) is 5.90. The summed E-state index contributed by atoms with van der Waals surface area (Å²) in [5, 5.41) is 0. The van der Waals surface area contributed by atoms with E-state index in [1.807, 2.05) is 0 Å². The van der Waals surface area contributed by atoms with E-state index in [2.05, 4.69) is 0 Å². The number of benzene rings is 1. The maximum absolute atomic E-state index is 12.6. The molecule has 0 saturated heterocycles. The molecule has 0 unspecified atom stereocenters. The molecule has 1 rings (SSSR count). The lowest BCUT2D eigenvalue weighted by atomic mass is 10.1. The Hall–Kier alpha value is -1.25. The molecule has 3 heteroatoms. The van der Waals surface area contributed by atoms with Gasteiger partial charge in [0, 0.05) is 0 Å². The van der Waals surface area contributed by atoms with Gasteiger partial charge in [0.05, 0.1) is 5.56 Å². The number of hydrogen-bond donors (Lipinski definition) is 0. The predicted octanol–water partition coefficient (Wildman–Crippen LogP) is 2.09. The van der Waals surface area contributed by atoms with Crippen LogP contribution in [0, 0.1) is 18.6 Å². The Morgan fingerprint density at radius 3 is 2.55 bits per heavy atom. The van der Waals surface area contributed by atoms with Crippen molar-refractivity contribution in [2.45, 2.75) is 6.92 Å². The highest BCUT2D eigenvalue weighted by atomic mass is 19.2. The van der Waals surface area contributed by atoms with Crippen LogP contribution in [0.15, 0.2) is 12.1 Å². The number of aldehydes is 1. The van der Waals surface area contributed by atoms with E-state index in [1.165, 1.54) is 6.07 Å². The van der Waals surface area contributed by atoms with Gasteiger partial charge >= 0.3 is 0 Å². The fourth-order valence-electron chi connectivity index (χ4n) is 0.837. The number of hydrogen-bond acceptors (Lipinski definition) is 1. The van der Waals surface area contributed by atoms with Crippen molar-refractivity contribution >= 4 is 6.29 Å². The number of carbonyl (C=O) groups excluding carboxylic acids is 1. The zero-order chi connectivity index (χ0) is 8.43. The third-order valence-corrected chi connectivity index (χ3v) is 1.33. The molecule has 0 fully saturated rings. The van der Waals surface area contributed by atoms with Crippen molar-refractivity contribution in [3.05, 3.63) is 34.9 Å². The highest BCUT2D eigenvalue weighted by Gasteiger charge is 2.07. The molecule has 0 aromatic heterocycles. The summed E-state index contributed by atoms with van der Waals surface area (Å²) in [6, 6.07) is 2.34. The van der Waals surface area contributed by atoms with Gasteiger partial charge in [-0.3, -0.25) is 4.79 Å². The first kappa shape index (κ1) is 7.85. The van der Waals surface area contributed by atoms with Gasteiger partial charge in [-0.25, -0.2) is 8.78 Å². The molecular formula is C8H6F2O. The third kappa shape index (κ3) is 1.42. The maximum atomic E-state index is 12.6. The van der Waals surface area contributed by atoms with Crippen molar-refractivity contribution in [3.8, 4) is 0 Å². The third-order valence-electron chi connectivity index (χ3n) is 1.33. The lowest BCUT2D eigenvalue weighted by molar-refractivity contribution is 0.111. The summed E-state index contributed by atoms with van der Waals surface area (Å²) in [7, 11) is 0. The van der Waals surface area contributed by atoms with E-state index in [0.29, 0.717) is 11.8 Å². The standard InChI is InChI=1S/C8H6F2O/c1-5-2-6(4-11)8(10)7(9)3-5/h2-4H,1H3. The lowest BCUT2D eigenvalue weighted by Gasteiger charge is -1.97. The van der Waals surface area contributed by atoms with E-state index >= 15 is 0 Å². The van der Waals surface area contributed by atoms with Crippen LogP contribution in [0.5, 0.6) is 0 Å². The summed E-state index contributed by atoms with van der Waals surface area (Å²) >= 11 is 0. The molecule has 1 nitrogen and oxygen atoms in total. The summed E-state index contributed by atoms with van der Waals surface area (Å²) < 4.78 is 25.1. The molecule has 0 radical (unpaired) electrons. The Balaban J connectivity index is 3.35. The Bertz CT molecular complexity index is 294. The average Bonchev–Trinajstić information content (AvgIpc) is 1.96. The number of halogens is 2. The minimum absolute atomic E-state index is 0.234. The van der Waals surface area contributed by atoms with Gasteiger partial charge in [-0.2, -0.15) is 0 Å². The van der Waals surface area contributed by atoms with Crippen LogP contribution in [-0.4, -0.2) is 6.29 Å². The first-order chi connectivity index (χ1) is 5.15. The monoisotopic (exact) mass is 156 g/mol. The van der Waals surface area contributed by atoms with Gasteiger partial charge in [-0.15, -0.1) is 0 Å². The molecule has 0 atom stereocenters. The van der Waals surface area contributed by atoms with Gasteiger partial charge < -0.3 is 0 Å². The normalized spacial score (nSPS) is 9.73. The molecular weight excluding hydrogens is 150 g/mol.